The van der Waals surface area contributed by atoms with Gasteiger partial charge in [0.2, 0.25) is 5.91 Å². The fourth-order valence-corrected chi connectivity index (χ4v) is 3.39. The second-order valence-corrected chi connectivity index (χ2v) is 6.92. The molecule has 4 heteroatoms. The minimum Gasteiger partial charge on any atom is -0.461 e. The lowest BCUT2D eigenvalue weighted by Gasteiger charge is -2.19. The molecule has 0 saturated heterocycles. The fraction of sp³-hybridized carbons (Fsp3) is 0.286. The highest BCUT2D eigenvalue weighted by Gasteiger charge is 2.51. The normalized spacial score (nSPS) is 16.6. The largest absolute Gasteiger partial charge is 0.461 e. The molecule has 1 heterocycles. The molecule has 4 rings (SSSR count). The Balaban J connectivity index is 1.44. The maximum Gasteiger partial charge on any atom is 0.230 e. The number of halogens is 1. The molecule has 0 radical (unpaired) electrons. The van der Waals surface area contributed by atoms with Crippen LogP contribution < -0.4 is 5.32 Å². The molecule has 0 bridgehead atoms. The van der Waals surface area contributed by atoms with Crippen LogP contribution in [0.4, 0.5) is 4.39 Å². The quantitative estimate of drug-likeness (QED) is 0.752. The van der Waals surface area contributed by atoms with Gasteiger partial charge in [-0.05, 0) is 49.6 Å². The summed E-state index contributed by atoms with van der Waals surface area (Å²) < 4.78 is 19.0. The van der Waals surface area contributed by atoms with Crippen molar-refractivity contribution in [2.75, 3.05) is 0 Å². The monoisotopic (exact) mass is 337 g/mol. The third kappa shape index (κ3) is 3.04. The van der Waals surface area contributed by atoms with Gasteiger partial charge in [-0.2, -0.15) is 0 Å². The number of furan rings is 1. The van der Waals surface area contributed by atoms with E-state index in [1.165, 1.54) is 12.1 Å². The summed E-state index contributed by atoms with van der Waals surface area (Å²) >= 11 is 0. The summed E-state index contributed by atoms with van der Waals surface area (Å²) in [6.07, 6.45) is 2.25. The van der Waals surface area contributed by atoms with Crippen LogP contribution in [0.1, 0.15) is 31.1 Å². The molecule has 0 unspecified atom stereocenters. The molecule has 1 aromatic heterocycles. The van der Waals surface area contributed by atoms with Crippen LogP contribution in [-0.2, 0) is 16.6 Å². The maximum absolute atomic E-state index is 13.1. The molecule has 1 atom stereocenters. The molecule has 1 saturated carbocycles. The average Bonchev–Trinajstić information content (AvgIpc) is 3.30. The van der Waals surface area contributed by atoms with E-state index in [2.05, 4.69) is 5.32 Å². The molecule has 1 N–H and O–H groups in total. The second kappa shape index (κ2) is 6.03. The first-order valence-electron chi connectivity index (χ1n) is 8.61. The van der Waals surface area contributed by atoms with Crippen molar-refractivity contribution in [2.45, 2.75) is 37.6 Å². The zero-order valence-electron chi connectivity index (χ0n) is 14.1. The van der Waals surface area contributed by atoms with Crippen LogP contribution in [0.2, 0.25) is 0 Å². The van der Waals surface area contributed by atoms with Crippen molar-refractivity contribution in [3.05, 3.63) is 71.7 Å². The summed E-state index contributed by atoms with van der Waals surface area (Å²) in [6, 6.07) is 16.1. The number of hydrogen-bond donors (Lipinski definition) is 1. The number of fused-ring (bicyclic) bond motifs is 1. The van der Waals surface area contributed by atoms with E-state index in [9.17, 15) is 9.18 Å². The van der Waals surface area contributed by atoms with Gasteiger partial charge < -0.3 is 9.73 Å². The molecule has 1 amide bonds. The van der Waals surface area contributed by atoms with Gasteiger partial charge in [0.15, 0.2) is 0 Å². The van der Waals surface area contributed by atoms with Gasteiger partial charge in [-0.3, -0.25) is 4.79 Å². The highest BCUT2D eigenvalue weighted by molar-refractivity contribution is 5.91. The number of carbonyl (C=O) groups excluding carboxylic acids is 1. The van der Waals surface area contributed by atoms with Gasteiger partial charge in [0, 0.05) is 17.8 Å². The van der Waals surface area contributed by atoms with Gasteiger partial charge in [0.25, 0.3) is 0 Å². The smallest absolute Gasteiger partial charge is 0.230 e. The van der Waals surface area contributed by atoms with Gasteiger partial charge in [-0.15, -0.1) is 0 Å². The Labute approximate surface area is 145 Å². The highest BCUT2D eigenvalue weighted by atomic mass is 19.1. The molecule has 3 nitrogen and oxygen atoms in total. The van der Waals surface area contributed by atoms with Crippen molar-refractivity contribution >= 4 is 16.9 Å². The van der Waals surface area contributed by atoms with Crippen molar-refractivity contribution in [1.82, 2.24) is 5.32 Å². The molecule has 1 fully saturated rings. The second-order valence-electron chi connectivity index (χ2n) is 6.92. The Morgan fingerprint density at radius 3 is 2.60 bits per heavy atom. The van der Waals surface area contributed by atoms with Crippen LogP contribution in [-0.4, -0.2) is 11.9 Å². The summed E-state index contributed by atoms with van der Waals surface area (Å²) in [4.78, 5) is 12.7. The number of para-hydroxylation sites is 1. The first kappa shape index (κ1) is 15.9. The topological polar surface area (TPSA) is 42.2 Å². The molecule has 0 spiro atoms. The zero-order chi connectivity index (χ0) is 17.4. The molecule has 128 valence electrons. The van der Waals surface area contributed by atoms with E-state index in [1.807, 2.05) is 37.3 Å². The Morgan fingerprint density at radius 2 is 1.92 bits per heavy atom. The molecule has 1 aliphatic carbocycles. The maximum atomic E-state index is 13.1. The van der Waals surface area contributed by atoms with Crippen LogP contribution in [0.15, 0.2) is 59.0 Å². The van der Waals surface area contributed by atoms with E-state index in [0.717, 1.165) is 35.1 Å². The van der Waals surface area contributed by atoms with Gasteiger partial charge in [0.05, 0.1) is 5.41 Å². The van der Waals surface area contributed by atoms with Gasteiger partial charge >= 0.3 is 0 Å². The third-order valence-electron chi connectivity index (χ3n) is 4.94. The number of carbonyl (C=O) groups is 1. The van der Waals surface area contributed by atoms with Crippen molar-refractivity contribution in [3.63, 3.8) is 0 Å². The van der Waals surface area contributed by atoms with Crippen molar-refractivity contribution < 1.29 is 13.6 Å². The minimum absolute atomic E-state index is 0.0164. The first-order chi connectivity index (χ1) is 12.1. The molecule has 1 aliphatic rings. The highest BCUT2D eigenvalue weighted by Crippen LogP contribution is 2.48. The summed E-state index contributed by atoms with van der Waals surface area (Å²) in [5.41, 5.74) is 1.26. The lowest BCUT2D eigenvalue weighted by molar-refractivity contribution is -0.124. The van der Waals surface area contributed by atoms with E-state index in [0.29, 0.717) is 6.42 Å². The van der Waals surface area contributed by atoms with E-state index in [-0.39, 0.29) is 17.8 Å². The Kier molecular flexibility index (Phi) is 3.83. The average molecular weight is 337 g/mol. The predicted octanol–water partition coefficient (Wildman–Crippen LogP) is 4.35. The van der Waals surface area contributed by atoms with Crippen molar-refractivity contribution in [2.24, 2.45) is 0 Å². The van der Waals surface area contributed by atoms with Crippen LogP contribution in [0.5, 0.6) is 0 Å². The van der Waals surface area contributed by atoms with Crippen LogP contribution in [0.25, 0.3) is 11.0 Å². The number of amides is 1. The SMILES string of the molecule is C[C@H](Cc1cc2ccccc2o1)NC(=O)C1(c2ccc(F)cc2)CC1. The van der Waals surface area contributed by atoms with E-state index in [1.54, 1.807) is 12.1 Å². The van der Waals surface area contributed by atoms with Gasteiger partial charge in [0.1, 0.15) is 17.2 Å². The summed E-state index contributed by atoms with van der Waals surface area (Å²) in [5.74, 6) is 0.599. The predicted molar refractivity (Wildman–Crippen MR) is 94.8 cm³/mol. The molecule has 0 aliphatic heterocycles. The Morgan fingerprint density at radius 1 is 1.20 bits per heavy atom. The molecule has 2 aromatic carbocycles. The van der Waals surface area contributed by atoms with E-state index >= 15 is 0 Å². The van der Waals surface area contributed by atoms with Gasteiger partial charge in [-0.1, -0.05) is 30.3 Å². The Hall–Kier alpha value is -2.62. The standard InChI is InChI=1S/C21H20FNO2/c1-14(12-18-13-15-4-2-3-5-19(15)25-18)23-20(24)21(10-11-21)16-6-8-17(22)9-7-16/h2-9,13-14H,10-12H2,1H3,(H,23,24)/t14-/m1/s1. The molecule has 3 aromatic rings. The fourth-order valence-electron chi connectivity index (χ4n) is 3.39. The van der Waals surface area contributed by atoms with Gasteiger partial charge in [-0.25, -0.2) is 4.39 Å². The lowest BCUT2D eigenvalue weighted by atomic mass is 9.94. The Bertz CT molecular complexity index is 876. The van der Waals surface area contributed by atoms with E-state index in [4.69, 9.17) is 4.42 Å². The summed E-state index contributed by atoms with van der Waals surface area (Å²) in [5, 5.41) is 4.17. The summed E-state index contributed by atoms with van der Waals surface area (Å²) in [6.45, 7) is 1.98. The van der Waals surface area contributed by atoms with Crippen LogP contribution in [0, 0.1) is 5.82 Å². The summed E-state index contributed by atoms with van der Waals surface area (Å²) in [7, 11) is 0. The number of benzene rings is 2. The van der Waals surface area contributed by atoms with E-state index < -0.39 is 5.41 Å². The minimum atomic E-state index is -0.490. The number of hydrogen-bond acceptors (Lipinski definition) is 2. The molecular weight excluding hydrogens is 317 g/mol. The van der Waals surface area contributed by atoms with Crippen LogP contribution >= 0.6 is 0 Å². The molecular formula is C21H20FNO2. The number of rotatable bonds is 5. The lowest BCUT2D eigenvalue weighted by Crippen LogP contribution is -2.41. The van der Waals surface area contributed by atoms with Crippen LogP contribution in [0.3, 0.4) is 0 Å². The molecule has 25 heavy (non-hydrogen) atoms. The van der Waals surface area contributed by atoms with Crippen molar-refractivity contribution in [1.29, 1.82) is 0 Å². The zero-order valence-corrected chi connectivity index (χ0v) is 14.1. The third-order valence-corrected chi connectivity index (χ3v) is 4.94. The number of nitrogens with one attached hydrogen (secondary N) is 1. The first-order valence-corrected chi connectivity index (χ1v) is 8.61. The van der Waals surface area contributed by atoms with Crippen molar-refractivity contribution in [3.8, 4) is 0 Å².